The van der Waals surface area contributed by atoms with Crippen molar-refractivity contribution in [3.63, 3.8) is 0 Å². The van der Waals surface area contributed by atoms with Gasteiger partial charge in [0.05, 0.1) is 17.6 Å². The Labute approximate surface area is 212 Å². The van der Waals surface area contributed by atoms with Crippen molar-refractivity contribution in [2.75, 3.05) is 0 Å². The van der Waals surface area contributed by atoms with Gasteiger partial charge in [0, 0.05) is 11.3 Å². The van der Waals surface area contributed by atoms with E-state index >= 15 is 0 Å². The molecule has 0 aromatic heterocycles. The minimum absolute atomic E-state index is 0.0200. The predicted molar refractivity (Wildman–Crippen MR) is 135 cm³/mol. The summed E-state index contributed by atoms with van der Waals surface area (Å²) in [6, 6.07) is 0. The Kier molecular flexibility index (Phi) is 5.54. The zero-order valence-electron chi connectivity index (χ0n) is 23.1. The number of fused-ring (bicyclic) bond motifs is 7. The Morgan fingerprint density at radius 3 is 2.09 bits per heavy atom. The number of carboxylic acids is 1. The average Bonchev–Trinajstić information content (AvgIpc) is 2.77. The van der Waals surface area contributed by atoms with Crippen LogP contribution in [0.15, 0.2) is 0 Å². The van der Waals surface area contributed by atoms with Gasteiger partial charge in [-0.15, -0.1) is 0 Å². The van der Waals surface area contributed by atoms with Crippen molar-refractivity contribution >= 4 is 5.97 Å². The quantitative estimate of drug-likeness (QED) is 0.402. The standard InChI is InChI=1S/C30H50O5/c1-17-8-13-29(24(33)34)15-14-28(7)27(6)12-9-19-25(3,4)21(31)10-11-26(19,5)20(27)16-22(32)30(28,35)23(29)18(17)2/h17-23,31-32,35H,8-16H2,1-7H3,(H,33,34)/t17-,18+,19+,20-,21+,22+,23-,26+,27-,28+,29+,30+/m1/s1. The summed E-state index contributed by atoms with van der Waals surface area (Å²) in [6.07, 6.45) is 5.66. The third-order valence-electron chi connectivity index (χ3n) is 14.2. The lowest BCUT2D eigenvalue weighted by atomic mass is 9.29. The summed E-state index contributed by atoms with van der Waals surface area (Å²) in [6.45, 7) is 15.7. The Morgan fingerprint density at radius 2 is 1.46 bits per heavy atom. The SMILES string of the molecule is C[C@H]1[C@H](C)CC[C@]2(C(=O)O)CC[C@]3(C)[C@@](O)([C@H]12)[C@@H](O)C[C@@H]1[C@@]2(C)CC[C@H](O)C(C)(C)[C@@H]2CC[C@]13C. The molecule has 0 unspecified atom stereocenters. The molecule has 4 N–H and O–H groups in total. The second kappa shape index (κ2) is 7.47. The van der Waals surface area contributed by atoms with Crippen molar-refractivity contribution < 1.29 is 25.2 Å². The molecule has 5 saturated carbocycles. The maximum atomic E-state index is 12.9. The number of rotatable bonds is 1. The molecule has 0 aromatic rings. The molecule has 0 amide bonds. The topological polar surface area (TPSA) is 98.0 Å². The minimum atomic E-state index is -1.42. The predicted octanol–water partition coefficient (Wildman–Crippen LogP) is 5.26. The highest BCUT2D eigenvalue weighted by molar-refractivity contribution is 5.76. The minimum Gasteiger partial charge on any atom is -0.481 e. The van der Waals surface area contributed by atoms with E-state index in [-0.39, 0.29) is 34.2 Å². The van der Waals surface area contributed by atoms with Gasteiger partial charge in [-0.05, 0) is 97.7 Å². The van der Waals surface area contributed by atoms with Crippen molar-refractivity contribution in [3.8, 4) is 0 Å². The van der Waals surface area contributed by atoms with E-state index in [4.69, 9.17) is 0 Å². The Hall–Kier alpha value is -0.650. The van der Waals surface area contributed by atoms with E-state index in [1.165, 1.54) is 0 Å². The fourth-order valence-corrected chi connectivity index (χ4v) is 11.7. The molecule has 5 rings (SSSR count). The maximum Gasteiger partial charge on any atom is 0.310 e. The van der Waals surface area contributed by atoms with Gasteiger partial charge in [-0.25, -0.2) is 0 Å². The summed E-state index contributed by atoms with van der Waals surface area (Å²) in [5, 5.41) is 46.4. The highest BCUT2D eigenvalue weighted by atomic mass is 16.4. The average molecular weight is 491 g/mol. The van der Waals surface area contributed by atoms with Crippen molar-refractivity contribution in [2.45, 2.75) is 124 Å². The molecule has 5 nitrogen and oxygen atoms in total. The van der Waals surface area contributed by atoms with Gasteiger partial charge in [0.25, 0.3) is 0 Å². The summed E-state index contributed by atoms with van der Waals surface area (Å²) in [7, 11) is 0. The van der Waals surface area contributed by atoms with Crippen LogP contribution in [0.25, 0.3) is 0 Å². The second-order valence-electron chi connectivity index (χ2n) is 15.2. The van der Waals surface area contributed by atoms with Crippen LogP contribution >= 0.6 is 0 Å². The van der Waals surface area contributed by atoms with Crippen LogP contribution in [0.3, 0.4) is 0 Å². The number of aliphatic carboxylic acids is 1. The molecule has 0 heterocycles. The Morgan fingerprint density at radius 1 is 0.800 bits per heavy atom. The van der Waals surface area contributed by atoms with E-state index in [0.717, 1.165) is 32.1 Å². The first-order chi connectivity index (χ1) is 16.0. The normalized spacial score (nSPS) is 59.4. The summed E-state index contributed by atoms with van der Waals surface area (Å²) >= 11 is 0. The molecule has 0 saturated heterocycles. The number of hydrogen-bond donors (Lipinski definition) is 4. The summed E-state index contributed by atoms with van der Waals surface area (Å²) < 4.78 is 0. The number of hydrogen-bond acceptors (Lipinski definition) is 4. The van der Waals surface area contributed by atoms with Crippen LogP contribution in [0.1, 0.15) is 106 Å². The first kappa shape index (κ1) is 26.0. The molecular weight excluding hydrogens is 440 g/mol. The molecule has 0 aliphatic heterocycles. The van der Waals surface area contributed by atoms with Crippen LogP contribution in [-0.4, -0.2) is 44.2 Å². The summed E-state index contributed by atoms with van der Waals surface area (Å²) in [5.74, 6) is -0.267. The maximum absolute atomic E-state index is 12.9. The van der Waals surface area contributed by atoms with Gasteiger partial charge in [-0.1, -0.05) is 48.5 Å². The van der Waals surface area contributed by atoms with E-state index in [1.807, 2.05) is 0 Å². The van der Waals surface area contributed by atoms with E-state index in [1.54, 1.807) is 0 Å². The van der Waals surface area contributed by atoms with E-state index < -0.39 is 34.4 Å². The lowest BCUT2D eigenvalue weighted by Gasteiger charge is -2.76. The molecular formula is C30H50O5. The van der Waals surface area contributed by atoms with Crippen molar-refractivity contribution in [1.29, 1.82) is 0 Å². The lowest BCUT2D eigenvalue weighted by molar-refractivity contribution is -0.347. The number of carboxylic acid groups (broad SMARTS) is 1. The fraction of sp³-hybridized carbons (Fsp3) is 0.967. The van der Waals surface area contributed by atoms with Crippen LogP contribution in [0, 0.1) is 56.7 Å². The highest BCUT2D eigenvalue weighted by Crippen LogP contribution is 2.78. The van der Waals surface area contributed by atoms with Crippen LogP contribution in [-0.2, 0) is 4.79 Å². The molecule has 200 valence electrons. The Bertz CT molecular complexity index is 901. The van der Waals surface area contributed by atoms with Crippen molar-refractivity contribution in [1.82, 2.24) is 0 Å². The zero-order chi connectivity index (χ0) is 26.0. The largest absolute Gasteiger partial charge is 0.481 e. The molecule has 5 aliphatic rings. The zero-order valence-corrected chi connectivity index (χ0v) is 23.1. The summed E-state index contributed by atoms with van der Waals surface area (Å²) in [5.41, 5.74) is -3.33. The third kappa shape index (κ3) is 2.79. The third-order valence-corrected chi connectivity index (χ3v) is 14.2. The fourth-order valence-electron chi connectivity index (χ4n) is 11.7. The van der Waals surface area contributed by atoms with Crippen molar-refractivity contribution in [2.24, 2.45) is 56.7 Å². The molecule has 0 spiro atoms. The van der Waals surface area contributed by atoms with Gasteiger partial charge in [0.2, 0.25) is 0 Å². The van der Waals surface area contributed by atoms with Gasteiger partial charge >= 0.3 is 5.97 Å². The number of aliphatic hydroxyl groups is 3. The molecule has 12 atom stereocenters. The molecule has 5 aliphatic carbocycles. The van der Waals surface area contributed by atoms with Crippen molar-refractivity contribution in [3.05, 3.63) is 0 Å². The second-order valence-corrected chi connectivity index (χ2v) is 15.2. The van der Waals surface area contributed by atoms with E-state index in [0.29, 0.717) is 37.5 Å². The molecule has 5 fully saturated rings. The Balaban J connectivity index is 1.65. The highest BCUT2D eigenvalue weighted by Gasteiger charge is 2.78. The number of aliphatic hydroxyl groups excluding tert-OH is 2. The molecule has 0 aromatic carbocycles. The number of carbonyl (C=O) groups is 1. The van der Waals surface area contributed by atoms with Gasteiger partial charge in [-0.2, -0.15) is 0 Å². The van der Waals surface area contributed by atoms with Crippen LogP contribution < -0.4 is 0 Å². The first-order valence-corrected chi connectivity index (χ1v) is 14.4. The van der Waals surface area contributed by atoms with Gasteiger partial charge < -0.3 is 20.4 Å². The van der Waals surface area contributed by atoms with Gasteiger partial charge in [0.1, 0.15) is 5.60 Å². The van der Waals surface area contributed by atoms with Crippen LogP contribution in [0.4, 0.5) is 0 Å². The van der Waals surface area contributed by atoms with E-state index in [9.17, 15) is 25.2 Å². The molecule has 0 radical (unpaired) electrons. The van der Waals surface area contributed by atoms with Gasteiger partial charge in [-0.3, -0.25) is 4.79 Å². The first-order valence-electron chi connectivity index (χ1n) is 14.4. The van der Waals surface area contributed by atoms with Gasteiger partial charge in [0.15, 0.2) is 0 Å². The smallest absolute Gasteiger partial charge is 0.310 e. The van der Waals surface area contributed by atoms with E-state index in [2.05, 4.69) is 48.5 Å². The molecule has 0 bridgehead atoms. The summed E-state index contributed by atoms with van der Waals surface area (Å²) in [4.78, 5) is 12.9. The lowest BCUT2D eigenvalue weighted by Crippen LogP contribution is -2.79. The molecule has 5 heteroatoms. The molecule has 35 heavy (non-hydrogen) atoms. The van der Waals surface area contributed by atoms with Crippen LogP contribution in [0.5, 0.6) is 0 Å². The monoisotopic (exact) mass is 490 g/mol. The van der Waals surface area contributed by atoms with Crippen LogP contribution in [0.2, 0.25) is 0 Å².